The molecule has 1 N–H and O–H groups in total. The van der Waals surface area contributed by atoms with Gasteiger partial charge in [-0.05, 0) is 31.5 Å². The Morgan fingerprint density at radius 3 is 2.83 bits per heavy atom. The van der Waals surface area contributed by atoms with Crippen molar-refractivity contribution in [3.8, 4) is 0 Å². The van der Waals surface area contributed by atoms with Crippen molar-refractivity contribution < 1.29 is 9.21 Å². The molecule has 0 atom stereocenters. The number of rotatable bonds is 3. The Bertz CT molecular complexity index is 643. The lowest BCUT2D eigenvalue weighted by molar-refractivity contribution is 0.0950. The van der Waals surface area contributed by atoms with Gasteiger partial charge in [-0.2, -0.15) is 0 Å². The summed E-state index contributed by atoms with van der Waals surface area (Å²) in [7, 11) is 0. The number of carbonyl (C=O) groups excluding carboxylic acids is 1. The zero-order valence-electron chi connectivity index (χ0n) is 10.4. The van der Waals surface area contributed by atoms with E-state index in [1.54, 1.807) is 12.1 Å². The van der Waals surface area contributed by atoms with Crippen LogP contribution in [0.15, 0.2) is 33.5 Å². The molecule has 1 aromatic heterocycles. The molecule has 0 bridgehead atoms. The summed E-state index contributed by atoms with van der Waals surface area (Å²) in [4.78, 5) is 23.5. The molecule has 2 rings (SSSR count). The van der Waals surface area contributed by atoms with Gasteiger partial charge >= 0.3 is 5.63 Å². The fourth-order valence-electron chi connectivity index (χ4n) is 1.73. The molecule has 4 nitrogen and oxygen atoms in total. The minimum absolute atomic E-state index is 0.0570. The average molecular weight is 245 g/mol. The van der Waals surface area contributed by atoms with Gasteiger partial charge in [0.2, 0.25) is 0 Å². The summed E-state index contributed by atoms with van der Waals surface area (Å²) in [6.07, 6.45) is 0.823. The lowest BCUT2D eigenvalue weighted by atomic mass is 10.1. The monoisotopic (exact) mass is 245 g/mol. The van der Waals surface area contributed by atoms with Gasteiger partial charge in [0.1, 0.15) is 11.1 Å². The van der Waals surface area contributed by atoms with Crippen LogP contribution >= 0.6 is 0 Å². The quantitative estimate of drug-likeness (QED) is 0.844. The first kappa shape index (κ1) is 12.4. The normalized spacial score (nSPS) is 10.6. The van der Waals surface area contributed by atoms with Crippen molar-refractivity contribution in [2.24, 2.45) is 0 Å². The van der Waals surface area contributed by atoms with Crippen LogP contribution in [-0.4, -0.2) is 12.5 Å². The third-order valence-corrected chi connectivity index (χ3v) is 2.67. The standard InChI is InChI=1S/C14H15NO3/c1-3-6-15-13(16)11-8-10-7-9(2)4-5-12(10)18-14(11)17/h4-5,7-8H,3,6H2,1-2H3,(H,15,16). The summed E-state index contributed by atoms with van der Waals surface area (Å²) in [6, 6.07) is 7.07. The predicted molar refractivity (Wildman–Crippen MR) is 69.8 cm³/mol. The van der Waals surface area contributed by atoms with Gasteiger partial charge in [0.15, 0.2) is 0 Å². The molecule has 2 aromatic rings. The highest BCUT2D eigenvalue weighted by Gasteiger charge is 2.12. The first-order valence-corrected chi connectivity index (χ1v) is 5.94. The maximum absolute atomic E-state index is 11.8. The third kappa shape index (κ3) is 2.42. The van der Waals surface area contributed by atoms with Crippen LogP contribution in [0.4, 0.5) is 0 Å². The highest BCUT2D eigenvalue weighted by molar-refractivity contribution is 5.96. The van der Waals surface area contributed by atoms with Gasteiger partial charge in [-0.1, -0.05) is 18.6 Å². The molecule has 0 spiro atoms. The van der Waals surface area contributed by atoms with Crippen molar-refractivity contribution in [1.29, 1.82) is 0 Å². The largest absolute Gasteiger partial charge is 0.422 e. The summed E-state index contributed by atoms with van der Waals surface area (Å²) < 4.78 is 5.13. The van der Waals surface area contributed by atoms with Crippen molar-refractivity contribution >= 4 is 16.9 Å². The summed E-state index contributed by atoms with van der Waals surface area (Å²) in [6.45, 7) is 4.44. The Kier molecular flexibility index (Phi) is 3.46. The van der Waals surface area contributed by atoms with E-state index in [9.17, 15) is 9.59 Å². The van der Waals surface area contributed by atoms with Crippen LogP contribution in [0.2, 0.25) is 0 Å². The summed E-state index contributed by atoms with van der Waals surface area (Å²) in [5, 5.41) is 3.43. The molecule has 0 unspecified atom stereocenters. The highest BCUT2D eigenvalue weighted by Crippen LogP contribution is 2.15. The fourth-order valence-corrected chi connectivity index (χ4v) is 1.73. The molecular formula is C14H15NO3. The van der Waals surface area contributed by atoms with Crippen LogP contribution in [0, 0.1) is 6.92 Å². The van der Waals surface area contributed by atoms with Crippen LogP contribution in [0.3, 0.4) is 0 Å². The lowest BCUT2D eigenvalue weighted by Crippen LogP contribution is -2.28. The van der Waals surface area contributed by atoms with Crippen LogP contribution in [-0.2, 0) is 0 Å². The molecule has 1 heterocycles. The van der Waals surface area contributed by atoms with E-state index in [2.05, 4.69) is 5.32 Å². The Labute approximate surface area is 105 Å². The van der Waals surface area contributed by atoms with Gasteiger partial charge in [-0.25, -0.2) is 4.79 Å². The SMILES string of the molecule is CCCNC(=O)c1cc2cc(C)ccc2oc1=O. The molecule has 0 saturated carbocycles. The Balaban J connectivity index is 2.48. The van der Waals surface area contributed by atoms with Gasteiger partial charge in [0.05, 0.1) is 0 Å². The van der Waals surface area contributed by atoms with Crippen molar-refractivity contribution in [3.05, 3.63) is 45.8 Å². The highest BCUT2D eigenvalue weighted by atomic mass is 16.4. The molecule has 1 amide bonds. The minimum atomic E-state index is -0.597. The second kappa shape index (κ2) is 5.04. The van der Waals surface area contributed by atoms with E-state index in [0.717, 1.165) is 17.4 Å². The van der Waals surface area contributed by atoms with Crippen molar-refractivity contribution in [3.63, 3.8) is 0 Å². The number of hydrogen-bond acceptors (Lipinski definition) is 3. The number of amides is 1. The zero-order valence-corrected chi connectivity index (χ0v) is 10.4. The van der Waals surface area contributed by atoms with Gasteiger partial charge in [0.25, 0.3) is 5.91 Å². The molecule has 1 aromatic carbocycles. The third-order valence-electron chi connectivity index (χ3n) is 2.67. The molecule has 0 saturated heterocycles. The molecule has 94 valence electrons. The van der Waals surface area contributed by atoms with Gasteiger partial charge in [-0.15, -0.1) is 0 Å². The molecule has 0 fully saturated rings. The Morgan fingerprint density at radius 2 is 2.11 bits per heavy atom. The molecule has 0 radical (unpaired) electrons. The fraction of sp³-hybridized carbons (Fsp3) is 0.286. The number of benzene rings is 1. The first-order valence-electron chi connectivity index (χ1n) is 5.94. The first-order chi connectivity index (χ1) is 8.61. The molecule has 0 aliphatic heterocycles. The second-order valence-corrected chi connectivity index (χ2v) is 4.24. The van der Waals surface area contributed by atoms with E-state index in [0.29, 0.717) is 12.1 Å². The topological polar surface area (TPSA) is 59.3 Å². The molecule has 0 aliphatic carbocycles. The van der Waals surface area contributed by atoms with E-state index in [1.807, 2.05) is 26.0 Å². The maximum atomic E-state index is 11.8. The maximum Gasteiger partial charge on any atom is 0.349 e. The smallest absolute Gasteiger partial charge is 0.349 e. The predicted octanol–water partition coefficient (Wildman–Crippen LogP) is 2.24. The van der Waals surface area contributed by atoms with Crippen molar-refractivity contribution in [2.75, 3.05) is 6.54 Å². The number of fused-ring (bicyclic) bond motifs is 1. The number of carbonyl (C=O) groups is 1. The summed E-state index contributed by atoms with van der Waals surface area (Å²) in [5.41, 5.74) is 1.01. The number of aryl methyl sites for hydroxylation is 1. The minimum Gasteiger partial charge on any atom is -0.422 e. The van der Waals surface area contributed by atoms with Gasteiger partial charge in [-0.3, -0.25) is 4.79 Å². The lowest BCUT2D eigenvalue weighted by Gasteiger charge is -2.04. The van der Waals surface area contributed by atoms with Gasteiger partial charge in [0, 0.05) is 11.9 Å². The molecular weight excluding hydrogens is 230 g/mol. The molecule has 18 heavy (non-hydrogen) atoms. The van der Waals surface area contributed by atoms with E-state index >= 15 is 0 Å². The van der Waals surface area contributed by atoms with E-state index in [4.69, 9.17) is 4.42 Å². The van der Waals surface area contributed by atoms with Crippen LogP contribution in [0.1, 0.15) is 29.3 Å². The van der Waals surface area contributed by atoms with E-state index in [1.165, 1.54) is 0 Å². The van der Waals surface area contributed by atoms with Crippen LogP contribution in [0.5, 0.6) is 0 Å². The second-order valence-electron chi connectivity index (χ2n) is 4.24. The molecule has 0 aliphatic rings. The Morgan fingerprint density at radius 1 is 1.33 bits per heavy atom. The summed E-state index contributed by atoms with van der Waals surface area (Å²) in [5.74, 6) is -0.381. The van der Waals surface area contributed by atoms with Crippen LogP contribution < -0.4 is 10.9 Å². The molecule has 4 heteroatoms. The van der Waals surface area contributed by atoms with Crippen LogP contribution in [0.25, 0.3) is 11.0 Å². The van der Waals surface area contributed by atoms with Crippen molar-refractivity contribution in [1.82, 2.24) is 5.32 Å². The van der Waals surface area contributed by atoms with Gasteiger partial charge < -0.3 is 9.73 Å². The number of nitrogens with one attached hydrogen (secondary N) is 1. The van der Waals surface area contributed by atoms with E-state index < -0.39 is 5.63 Å². The van der Waals surface area contributed by atoms with Crippen molar-refractivity contribution in [2.45, 2.75) is 20.3 Å². The summed E-state index contributed by atoms with van der Waals surface area (Å²) >= 11 is 0. The van der Waals surface area contributed by atoms with E-state index in [-0.39, 0.29) is 11.5 Å². The number of hydrogen-bond donors (Lipinski definition) is 1. The Hall–Kier alpha value is -2.10. The zero-order chi connectivity index (χ0) is 13.1. The average Bonchev–Trinajstić information content (AvgIpc) is 2.35.